The van der Waals surface area contributed by atoms with Crippen LogP contribution in [0.25, 0.3) is 11.7 Å². The van der Waals surface area contributed by atoms with Gasteiger partial charge in [-0.15, -0.1) is 10.2 Å². The normalized spacial score (nSPS) is 19.7. The average molecular weight is 313 g/mol. The number of furan rings is 2. The van der Waals surface area contributed by atoms with E-state index < -0.39 is 0 Å². The Kier molecular flexibility index (Phi) is 3.98. The molecule has 4 rings (SSSR count). The van der Waals surface area contributed by atoms with E-state index in [2.05, 4.69) is 15.1 Å². The summed E-state index contributed by atoms with van der Waals surface area (Å²) in [4.78, 5) is 2.37. The first-order valence-corrected chi connectivity index (χ1v) is 8.04. The average Bonchev–Trinajstić information content (AvgIpc) is 3.29. The van der Waals surface area contributed by atoms with Gasteiger partial charge in [-0.1, -0.05) is 12.8 Å². The third-order valence-electron chi connectivity index (χ3n) is 4.27. The highest BCUT2D eigenvalue weighted by Crippen LogP contribution is 2.31. The Bertz CT molecular complexity index is 718. The summed E-state index contributed by atoms with van der Waals surface area (Å²) in [6.07, 6.45) is 8.06. The standard InChI is InChI=1S/C17H19N3O3/c1-2-6-13(14-7-4-10-21-14)20(9-3-1)12-16-18-19-17(23-16)15-8-5-11-22-15/h4-5,7-8,10-11,13H,1-3,6,9,12H2/t13-/m1/s1. The maximum atomic E-state index is 5.75. The molecule has 1 fully saturated rings. The fraction of sp³-hybridized carbons (Fsp3) is 0.412. The molecule has 0 spiro atoms. The molecule has 1 atom stereocenters. The van der Waals surface area contributed by atoms with Crippen LogP contribution in [-0.4, -0.2) is 21.6 Å². The molecule has 1 saturated heterocycles. The van der Waals surface area contributed by atoms with Gasteiger partial charge in [0, 0.05) is 0 Å². The van der Waals surface area contributed by atoms with Gasteiger partial charge in [0.2, 0.25) is 5.89 Å². The van der Waals surface area contributed by atoms with E-state index in [1.54, 1.807) is 18.6 Å². The van der Waals surface area contributed by atoms with E-state index in [0.29, 0.717) is 24.1 Å². The summed E-state index contributed by atoms with van der Waals surface area (Å²) in [5.41, 5.74) is 0. The van der Waals surface area contributed by atoms with Crippen molar-refractivity contribution in [3.8, 4) is 11.7 Å². The molecule has 6 nitrogen and oxygen atoms in total. The zero-order valence-corrected chi connectivity index (χ0v) is 12.9. The van der Waals surface area contributed by atoms with Gasteiger partial charge in [-0.3, -0.25) is 4.90 Å². The van der Waals surface area contributed by atoms with Crippen molar-refractivity contribution in [1.82, 2.24) is 15.1 Å². The second kappa shape index (κ2) is 6.42. The molecule has 0 unspecified atom stereocenters. The maximum absolute atomic E-state index is 5.75. The number of likely N-dealkylation sites (tertiary alicyclic amines) is 1. The van der Waals surface area contributed by atoms with Crippen LogP contribution in [0.1, 0.15) is 43.4 Å². The van der Waals surface area contributed by atoms with Crippen LogP contribution in [0.15, 0.2) is 50.0 Å². The molecule has 4 heterocycles. The summed E-state index contributed by atoms with van der Waals surface area (Å²) >= 11 is 0. The summed E-state index contributed by atoms with van der Waals surface area (Å²) in [7, 11) is 0. The van der Waals surface area contributed by atoms with Gasteiger partial charge in [-0.05, 0) is 43.7 Å². The van der Waals surface area contributed by atoms with Crippen molar-refractivity contribution in [3.63, 3.8) is 0 Å². The topological polar surface area (TPSA) is 68.4 Å². The van der Waals surface area contributed by atoms with Crippen molar-refractivity contribution < 1.29 is 13.3 Å². The first-order valence-electron chi connectivity index (χ1n) is 8.04. The van der Waals surface area contributed by atoms with Crippen molar-refractivity contribution in [1.29, 1.82) is 0 Å². The van der Waals surface area contributed by atoms with Crippen molar-refractivity contribution in [2.75, 3.05) is 6.54 Å². The predicted octanol–water partition coefficient (Wildman–Crippen LogP) is 4.04. The highest BCUT2D eigenvalue weighted by molar-refractivity contribution is 5.42. The third kappa shape index (κ3) is 3.07. The van der Waals surface area contributed by atoms with Gasteiger partial charge in [-0.2, -0.15) is 0 Å². The summed E-state index contributed by atoms with van der Waals surface area (Å²) in [6.45, 7) is 1.63. The number of nitrogens with zero attached hydrogens (tertiary/aromatic N) is 3. The Morgan fingerprint density at radius 2 is 1.96 bits per heavy atom. The molecule has 0 amide bonds. The fourth-order valence-electron chi connectivity index (χ4n) is 3.15. The SMILES string of the molecule is c1coc(-c2nnc(CN3CCCCC[C@@H]3c3ccco3)o2)c1. The molecule has 3 aromatic heterocycles. The summed E-state index contributed by atoms with van der Waals surface area (Å²) < 4.78 is 16.7. The molecule has 0 radical (unpaired) electrons. The molecular formula is C17H19N3O3. The van der Waals surface area contributed by atoms with Crippen LogP contribution in [0, 0.1) is 0 Å². The smallest absolute Gasteiger partial charge is 0.283 e. The Morgan fingerprint density at radius 1 is 1.04 bits per heavy atom. The molecule has 1 aliphatic rings. The highest BCUT2D eigenvalue weighted by atomic mass is 16.4. The van der Waals surface area contributed by atoms with E-state index in [0.717, 1.165) is 18.7 Å². The van der Waals surface area contributed by atoms with Gasteiger partial charge in [0.25, 0.3) is 5.89 Å². The Hall–Kier alpha value is -2.34. The van der Waals surface area contributed by atoms with E-state index in [1.807, 2.05) is 18.2 Å². The van der Waals surface area contributed by atoms with Crippen molar-refractivity contribution in [2.45, 2.75) is 38.3 Å². The van der Waals surface area contributed by atoms with Crippen molar-refractivity contribution >= 4 is 0 Å². The molecule has 6 heteroatoms. The zero-order chi connectivity index (χ0) is 15.5. The molecule has 23 heavy (non-hydrogen) atoms. The Balaban J connectivity index is 1.53. The molecule has 1 aliphatic heterocycles. The van der Waals surface area contributed by atoms with Crippen LogP contribution in [-0.2, 0) is 6.54 Å². The number of rotatable bonds is 4. The zero-order valence-electron chi connectivity index (χ0n) is 12.9. The van der Waals surface area contributed by atoms with E-state index >= 15 is 0 Å². The van der Waals surface area contributed by atoms with Crippen molar-refractivity contribution in [2.24, 2.45) is 0 Å². The van der Waals surface area contributed by atoms with E-state index in [4.69, 9.17) is 13.3 Å². The van der Waals surface area contributed by atoms with Gasteiger partial charge in [0.05, 0.1) is 25.1 Å². The molecule has 0 N–H and O–H groups in total. The van der Waals surface area contributed by atoms with E-state index in [1.165, 1.54) is 19.3 Å². The molecule has 0 bridgehead atoms. The number of hydrogen-bond acceptors (Lipinski definition) is 6. The van der Waals surface area contributed by atoms with Gasteiger partial charge < -0.3 is 13.3 Å². The van der Waals surface area contributed by atoms with Gasteiger partial charge in [0.15, 0.2) is 5.76 Å². The van der Waals surface area contributed by atoms with Crippen LogP contribution in [0.2, 0.25) is 0 Å². The summed E-state index contributed by atoms with van der Waals surface area (Å²) in [5.74, 6) is 2.64. The lowest BCUT2D eigenvalue weighted by molar-refractivity contribution is 0.155. The molecule has 120 valence electrons. The van der Waals surface area contributed by atoms with Gasteiger partial charge in [-0.25, -0.2) is 0 Å². The second-order valence-electron chi connectivity index (χ2n) is 5.83. The predicted molar refractivity (Wildman–Crippen MR) is 82.3 cm³/mol. The van der Waals surface area contributed by atoms with Crippen LogP contribution in [0.4, 0.5) is 0 Å². The first-order chi connectivity index (χ1) is 11.4. The summed E-state index contributed by atoms with van der Waals surface area (Å²) in [6, 6.07) is 7.88. The fourth-order valence-corrected chi connectivity index (χ4v) is 3.15. The van der Waals surface area contributed by atoms with Crippen molar-refractivity contribution in [3.05, 3.63) is 48.4 Å². The number of hydrogen-bond donors (Lipinski definition) is 0. The minimum atomic E-state index is 0.270. The molecule has 0 saturated carbocycles. The lowest BCUT2D eigenvalue weighted by atomic mass is 10.1. The summed E-state index contributed by atoms with van der Waals surface area (Å²) in [5, 5.41) is 8.24. The number of aromatic nitrogens is 2. The largest absolute Gasteiger partial charge is 0.468 e. The van der Waals surface area contributed by atoms with Crippen LogP contribution in [0.5, 0.6) is 0 Å². The Labute approximate surface area is 134 Å². The second-order valence-corrected chi connectivity index (χ2v) is 5.83. The minimum absolute atomic E-state index is 0.270. The van der Waals surface area contributed by atoms with Crippen LogP contribution < -0.4 is 0 Å². The minimum Gasteiger partial charge on any atom is -0.468 e. The van der Waals surface area contributed by atoms with Gasteiger partial charge in [0.1, 0.15) is 5.76 Å². The monoisotopic (exact) mass is 313 g/mol. The molecule has 0 aliphatic carbocycles. The van der Waals surface area contributed by atoms with E-state index in [9.17, 15) is 0 Å². The van der Waals surface area contributed by atoms with Crippen LogP contribution in [0.3, 0.4) is 0 Å². The quantitative estimate of drug-likeness (QED) is 0.724. The van der Waals surface area contributed by atoms with Gasteiger partial charge >= 0.3 is 0 Å². The lowest BCUT2D eigenvalue weighted by Crippen LogP contribution is -2.28. The van der Waals surface area contributed by atoms with E-state index in [-0.39, 0.29) is 6.04 Å². The lowest BCUT2D eigenvalue weighted by Gasteiger charge is -2.26. The highest BCUT2D eigenvalue weighted by Gasteiger charge is 2.26. The maximum Gasteiger partial charge on any atom is 0.283 e. The third-order valence-corrected chi connectivity index (χ3v) is 4.27. The molecule has 0 aromatic carbocycles. The molecular weight excluding hydrogens is 294 g/mol. The first kappa shape index (κ1) is 14.3. The Morgan fingerprint density at radius 3 is 2.78 bits per heavy atom. The van der Waals surface area contributed by atoms with Crippen LogP contribution >= 0.6 is 0 Å². The molecule has 3 aromatic rings.